The quantitative estimate of drug-likeness (QED) is 0.752. The van der Waals surface area contributed by atoms with E-state index in [-0.39, 0.29) is 5.54 Å². The van der Waals surface area contributed by atoms with E-state index in [2.05, 4.69) is 66.8 Å². The molecule has 1 heteroatoms. The Morgan fingerprint density at radius 1 is 1.00 bits per heavy atom. The van der Waals surface area contributed by atoms with Crippen molar-refractivity contribution in [1.29, 1.82) is 0 Å². The molecule has 1 atom stereocenters. The predicted octanol–water partition coefficient (Wildman–Crippen LogP) is 5.11. The first kappa shape index (κ1) is 11.8. The predicted molar refractivity (Wildman–Crippen MR) is 85.7 cm³/mol. The van der Waals surface area contributed by atoms with Crippen molar-refractivity contribution in [2.45, 2.75) is 31.7 Å². The highest BCUT2D eigenvalue weighted by atomic mass is 15.0. The smallest absolute Gasteiger partial charge is 0.0560 e. The van der Waals surface area contributed by atoms with Gasteiger partial charge >= 0.3 is 0 Å². The maximum atomic E-state index is 3.75. The Morgan fingerprint density at radius 2 is 1.85 bits per heavy atom. The molecule has 2 aromatic carbocycles. The van der Waals surface area contributed by atoms with Crippen molar-refractivity contribution in [3.8, 4) is 11.1 Å². The molecule has 1 unspecified atom stereocenters. The molecule has 0 spiro atoms. The molecule has 20 heavy (non-hydrogen) atoms. The standard InChI is InChI=1S/C19H19N/c1-19-11-5-8-17(19)13-16-12-15(9-10-18(16)20-19)14-6-3-2-4-7-14/h2-4,6-7,9-10,12-13,20H,5,8,11H2,1H3. The lowest BCUT2D eigenvalue weighted by atomic mass is 9.88. The molecule has 1 aliphatic carbocycles. The molecule has 1 aliphatic heterocycles. The molecule has 1 nitrogen and oxygen atoms in total. The Hall–Kier alpha value is -2.02. The number of benzene rings is 2. The van der Waals surface area contributed by atoms with Gasteiger partial charge in [-0.05, 0) is 60.6 Å². The van der Waals surface area contributed by atoms with Crippen LogP contribution in [0.3, 0.4) is 0 Å². The second kappa shape index (κ2) is 4.24. The van der Waals surface area contributed by atoms with Crippen LogP contribution in [-0.4, -0.2) is 5.54 Å². The van der Waals surface area contributed by atoms with Crippen LogP contribution in [0.4, 0.5) is 5.69 Å². The maximum absolute atomic E-state index is 3.75. The number of fused-ring (bicyclic) bond motifs is 2. The summed E-state index contributed by atoms with van der Waals surface area (Å²) in [6.07, 6.45) is 6.19. The van der Waals surface area contributed by atoms with E-state index in [1.54, 1.807) is 5.57 Å². The van der Waals surface area contributed by atoms with Crippen molar-refractivity contribution in [1.82, 2.24) is 0 Å². The average molecular weight is 261 g/mol. The Morgan fingerprint density at radius 3 is 2.70 bits per heavy atom. The van der Waals surface area contributed by atoms with Crippen LogP contribution in [-0.2, 0) is 0 Å². The largest absolute Gasteiger partial charge is 0.376 e. The van der Waals surface area contributed by atoms with Crippen molar-refractivity contribution in [2.24, 2.45) is 0 Å². The van der Waals surface area contributed by atoms with Crippen LogP contribution in [0.5, 0.6) is 0 Å². The zero-order chi connectivity index (χ0) is 13.6. The summed E-state index contributed by atoms with van der Waals surface area (Å²) in [7, 11) is 0. The highest BCUT2D eigenvalue weighted by Gasteiger charge is 2.36. The summed E-state index contributed by atoms with van der Waals surface area (Å²) in [4.78, 5) is 0. The van der Waals surface area contributed by atoms with Gasteiger partial charge in [0.15, 0.2) is 0 Å². The van der Waals surface area contributed by atoms with E-state index in [0.29, 0.717) is 0 Å². The summed E-state index contributed by atoms with van der Waals surface area (Å²) in [5.74, 6) is 0. The molecule has 1 N–H and O–H groups in total. The molecule has 100 valence electrons. The fourth-order valence-corrected chi connectivity index (χ4v) is 3.53. The molecule has 2 aromatic rings. The first-order chi connectivity index (χ1) is 9.74. The van der Waals surface area contributed by atoms with Crippen molar-refractivity contribution in [3.63, 3.8) is 0 Å². The number of nitrogens with one attached hydrogen (secondary N) is 1. The zero-order valence-electron chi connectivity index (χ0n) is 11.8. The lowest BCUT2D eigenvalue weighted by Gasteiger charge is -2.34. The summed E-state index contributed by atoms with van der Waals surface area (Å²) in [5, 5.41) is 3.75. The molecule has 2 aliphatic rings. The van der Waals surface area contributed by atoms with Gasteiger partial charge in [-0.3, -0.25) is 0 Å². The van der Waals surface area contributed by atoms with Gasteiger partial charge in [0.2, 0.25) is 0 Å². The Labute approximate surface area is 120 Å². The van der Waals surface area contributed by atoms with Gasteiger partial charge in [0.05, 0.1) is 5.54 Å². The van der Waals surface area contributed by atoms with Gasteiger partial charge in [-0.1, -0.05) is 42.5 Å². The minimum Gasteiger partial charge on any atom is -0.376 e. The second-order valence-corrected chi connectivity index (χ2v) is 6.15. The van der Waals surface area contributed by atoms with Gasteiger partial charge in [0.1, 0.15) is 0 Å². The van der Waals surface area contributed by atoms with Crippen LogP contribution in [0.1, 0.15) is 31.7 Å². The monoisotopic (exact) mass is 261 g/mol. The highest BCUT2D eigenvalue weighted by molar-refractivity contribution is 5.80. The van der Waals surface area contributed by atoms with Gasteiger partial charge in [0, 0.05) is 5.69 Å². The van der Waals surface area contributed by atoms with Gasteiger partial charge in [-0.25, -0.2) is 0 Å². The van der Waals surface area contributed by atoms with E-state index < -0.39 is 0 Å². The Bertz CT molecular complexity index is 684. The van der Waals surface area contributed by atoms with Crippen molar-refractivity contribution in [2.75, 3.05) is 5.32 Å². The molecular weight excluding hydrogens is 242 g/mol. The van der Waals surface area contributed by atoms with Gasteiger partial charge in [-0.15, -0.1) is 0 Å². The summed E-state index contributed by atoms with van der Waals surface area (Å²) in [5.41, 5.74) is 6.95. The summed E-state index contributed by atoms with van der Waals surface area (Å²) < 4.78 is 0. The van der Waals surface area contributed by atoms with Crippen LogP contribution >= 0.6 is 0 Å². The summed E-state index contributed by atoms with van der Waals surface area (Å²) in [6.45, 7) is 2.33. The van der Waals surface area contributed by atoms with E-state index in [0.717, 1.165) is 0 Å². The third kappa shape index (κ3) is 1.77. The normalized spacial score (nSPS) is 23.6. The summed E-state index contributed by atoms with van der Waals surface area (Å²) in [6, 6.07) is 17.4. The SMILES string of the molecule is CC12CCCC1=Cc1cc(-c3ccccc3)ccc1N2. The van der Waals surface area contributed by atoms with Crippen LogP contribution in [0.15, 0.2) is 54.1 Å². The average Bonchev–Trinajstić information content (AvgIpc) is 2.85. The first-order valence-corrected chi connectivity index (χ1v) is 7.43. The van der Waals surface area contributed by atoms with E-state index in [9.17, 15) is 0 Å². The lowest BCUT2D eigenvalue weighted by molar-refractivity contribution is 0.611. The first-order valence-electron chi connectivity index (χ1n) is 7.43. The summed E-state index contributed by atoms with van der Waals surface area (Å²) >= 11 is 0. The molecule has 1 fully saturated rings. The van der Waals surface area contributed by atoms with Gasteiger partial charge in [-0.2, -0.15) is 0 Å². The van der Waals surface area contributed by atoms with E-state index in [1.165, 1.54) is 41.6 Å². The fraction of sp³-hybridized carbons (Fsp3) is 0.263. The van der Waals surface area contributed by atoms with E-state index in [4.69, 9.17) is 0 Å². The minimum atomic E-state index is 0.196. The van der Waals surface area contributed by atoms with Gasteiger partial charge < -0.3 is 5.32 Å². The number of hydrogen-bond donors (Lipinski definition) is 1. The molecule has 1 saturated carbocycles. The molecule has 4 rings (SSSR count). The highest BCUT2D eigenvalue weighted by Crippen LogP contribution is 2.44. The van der Waals surface area contributed by atoms with Crippen LogP contribution < -0.4 is 5.32 Å². The molecular formula is C19H19N. The van der Waals surface area contributed by atoms with Crippen molar-refractivity contribution in [3.05, 3.63) is 59.7 Å². The topological polar surface area (TPSA) is 12.0 Å². The molecule has 0 saturated heterocycles. The maximum Gasteiger partial charge on any atom is 0.0560 e. The van der Waals surface area contributed by atoms with Crippen molar-refractivity contribution < 1.29 is 0 Å². The lowest BCUT2D eigenvalue weighted by Crippen LogP contribution is -2.35. The molecule has 0 aromatic heterocycles. The van der Waals surface area contributed by atoms with Crippen LogP contribution in [0.25, 0.3) is 17.2 Å². The third-order valence-corrected chi connectivity index (χ3v) is 4.73. The minimum absolute atomic E-state index is 0.196. The molecule has 1 heterocycles. The number of rotatable bonds is 1. The molecule has 0 amide bonds. The van der Waals surface area contributed by atoms with Crippen molar-refractivity contribution >= 4 is 11.8 Å². The molecule has 0 bridgehead atoms. The van der Waals surface area contributed by atoms with E-state index >= 15 is 0 Å². The number of hydrogen-bond acceptors (Lipinski definition) is 1. The Kier molecular flexibility index (Phi) is 2.50. The number of anilines is 1. The zero-order valence-corrected chi connectivity index (χ0v) is 11.8. The fourth-order valence-electron chi connectivity index (χ4n) is 3.53. The molecule has 0 radical (unpaired) electrons. The Balaban J connectivity index is 1.80. The van der Waals surface area contributed by atoms with E-state index in [1.807, 2.05) is 0 Å². The van der Waals surface area contributed by atoms with Crippen LogP contribution in [0, 0.1) is 0 Å². The van der Waals surface area contributed by atoms with Crippen LogP contribution in [0.2, 0.25) is 0 Å². The second-order valence-electron chi connectivity index (χ2n) is 6.15. The van der Waals surface area contributed by atoms with Gasteiger partial charge in [0.25, 0.3) is 0 Å². The third-order valence-electron chi connectivity index (χ3n) is 4.73.